The first-order valence-corrected chi connectivity index (χ1v) is 11.2. The van der Waals surface area contributed by atoms with Crippen LogP contribution in [-0.4, -0.2) is 24.0 Å². The van der Waals surface area contributed by atoms with E-state index in [1.807, 2.05) is 45.9 Å². The molecule has 4 nitrogen and oxygen atoms in total. The molecule has 2 unspecified atom stereocenters. The molecular weight excluding hydrogens is 388 g/mol. The first-order chi connectivity index (χ1) is 14.9. The zero-order valence-corrected chi connectivity index (χ0v) is 18.5. The van der Waals surface area contributed by atoms with Crippen molar-refractivity contribution in [3.05, 3.63) is 64.9 Å². The standard InChI is InChI=1S/C27H28O4/c1-14(2)27(29)31-26-23-20-11-10-19(30-20)22(23)25(28)24(26)21-15(3)12-18(13-16(21)4)17-8-6-5-7-9-17/h5-9,12-14,19-20,22-23H,10-11H2,1-4H3/t19?,20?,22-,23+/m0/s1. The topological polar surface area (TPSA) is 52.6 Å². The Labute approximate surface area is 183 Å². The molecule has 2 aliphatic heterocycles. The summed E-state index contributed by atoms with van der Waals surface area (Å²) in [6.07, 6.45) is 1.73. The van der Waals surface area contributed by atoms with Gasteiger partial charge in [-0.3, -0.25) is 9.59 Å². The average molecular weight is 417 g/mol. The van der Waals surface area contributed by atoms with Gasteiger partial charge in [-0.2, -0.15) is 0 Å². The van der Waals surface area contributed by atoms with Crippen LogP contribution in [0.2, 0.25) is 0 Å². The molecular formula is C27H28O4. The molecule has 0 aromatic heterocycles. The first-order valence-electron chi connectivity index (χ1n) is 11.2. The van der Waals surface area contributed by atoms with Crippen LogP contribution in [0.1, 0.15) is 43.4 Å². The normalized spacial score (nSPS) is 26.7. The Kier molecular flexibility index (Phi) is 4.86. The van der Waals surface area contributed by atoms with Gasteiger partial charge in [0.2, 0.25) is 0 Å². The number of Topliss-reactive ketones (excluding diaryl/α,β-unsaturated/α-hetero) is 1. The molecule has 2 saturated heterocycles. The molecule has 4 heteroatoms. The van der Waals surface area contributed by atoms with Crippen LogP contribution in [0.4, 0.5) is 0 Å². The number of aryl methyl sites for hydroxylation is 2. The predicted molar refractivity (Wildman–Crippen MR) is 119 cm³/mol. The lowest BCUT2D eigenvalue weighted by Crippen LogP contribution is -2.30. The highest BCUT2D eigenvalue weighted by atomic mass is 16.5. The molecule has 2 fully saturated rings. The van der Waals surface area contributed by atoms with Crippen molar-refractivity contribution in [3.8, 4) is 11.1 Å². The molecule has 0 amide bonds. The van der Waals surface area contributed by atoms with Gasteiger partial charge >= 0.3 is 5.97 Å². The van der Waals surface area contributed by atoms with Crippen LogP contribution in [0.15, 0.2) is 48.2 Å². The van der Waals surface area contributed by atoms with Crippen LogP contribution >= 0.6 is 0 Å². The molecule has 160 valence electrons. The van der Waals surface area contributed by atoms with Gasteiger partial charge in [0.1, 0.15) is 5.76 Å². The van der Waals surface area contributed by atoms with Gasteiger partial charge in [-0.15, -0.1) is 0 Å². The molecule has 31 heavy (non-hydrogen) atoms. The fourth-order valence-electron chi connectivity index (χ4n) is 5.55. The van der Waals surface area contributed by atoms with Crippen molar-refractivity contribution in [1.29, 1.82) is 0 Å². The summed E-state index contributed by atoms with van der Waals surface area (Å²) in [5.41, 5.74) is 5.81. The van der Waals surface area contributed by atoms with E-state index in [2.05, 4.69) is 24.3 Å². The highest BCUT2D eigenvalue weighted by molar-refractivity contribution is 6.26. The SMILES string of the molecule is Cc1cc(-c2ccccc2)cc(C)c1C1=C(OC(=O)C(C)C)[C@@H]2C3CCC(O3)[C@@H]2C1=O. The van der Waals surface area contributed by atoms with E-state index in [0.29, 0.717) is 11.3 Å². The van der Waals surface area contributed by atoms with E-state index in [1.165, 1.54) is 0 Å². The largest absolute Gasteiger partial charge is 0.430 e. The number of carbonyl (C=O) groups excluding carboxylic acids is 2. The lowest BCUT2D eigenvalue weighted by molar-refractivity contribution is -0.144. The number of ketones is 1. The zero-order valence-electron chi connectivity index (χ0n) is 18.5. The van der Waals surface area contributed by atoms with E-state index in [9.17, 15) is 9.59 Å². The second-order valence-corrected chi connectivity index (χ2v) is 9.37. The predicted octanol–water partition coefficient (Wildman–Crippen LogP) is 5.26. The number of hydrogen-bond donors (Lipinski definition) is 0. The fraction of sp³-hybridized carbons (Fsp3) is 0.407. The van der Waals surface area contributed by atoms with Crippen LogP contribution in [0.3, 0.4) is 0 Å². The van der Waals surface area contributed by atoms with Crippen LogP contribution < -0.4 is 0 Å². The van der Waals surface area contributed by atoms with Gasteiger partial charge in [0.05, 0.1) is 35.5 Å². The van der Waals surface area contributed by atoms with Crippen LogP contribution in [0, 0.1) is 31.6 Å². The molecule has 2 aromatic carbocycles. The number of allylic oxidation sites excluding steroid dienone is 1. The molecule has 0 N–H and O–H groups in total. The molecule has 0 saturated carbocycles. The molecule has 2 aromatic rings. The van der Waals surface area contributed by atoms with Crippen molar-refractivity contribution >= 4 is 17.3 Å². The molecule has 3 aliphatic rings. The van der Waals surface area contributed by atoms with E-state index in [0.717, 1.165) is 40.7 Å². The average Bonchev–Trinajstić information content (AvgIpc) is 3.43. The highest BCUT2D eigenvalue weighted by Crippen LogP contribution is 2.55. The van der Waals surface area contributed by atoms with Crippen molar-refractivity contribution in [3.63, 3.8) is 0 Å². The van der Waals surface area contributed by atoms with Gasteiger partial charge in [0.25, 0.3) is 0 Å². The molecule has 0 spiro atoms. The van der Waals surface area contributed by atoms with E-state index in [4.69, 9.17) is 9.47 Å². The Hall–Kier alpha value is -2.72. The Morgan fingerprint density at radius 1 is 0.968 bits per heavy atom. The summed E-state index contributed by atoms with van der Waals surface area (Å²) in [5, 5.41) is 0. The molecule has 0 radical (unpaired) electrons. The summed E-state index contributed by atoms with van der Waals surface area (Å²) in [6, 6.07) is 14.5. The fourth-order valence-corrected chi connectivity index (χ4v) is 5.55. The Morgan fingerprint density at radius 3 is 2.19 bits per heavy atom. The summed E-state index contributed by atoms with van der Waals surface area (Å²) in [4.78, 5) is 26.2. The van der Waals surface area contributed by atoms with Crippen molar-refractivity contribution in [2.24, 2.45) is 17.8 Å². The summed E-state index contributed by atoms with van der Waals surface area (Å²) >= 11 is 0. The van der Waals surface area contributed by atoms with Crippen LogP contribution in [0.25, 0.3) is 16.7 Å². The smallest absolute Gasteiger partial charge is 0.313 e. The van der Waals surface area contributed by atoms with Crippen molar-refractivity contribution in [1.82, 2.24) is 0 Å². The minimum absolute atomic E-state index is 0.0318. The quantitative estimate of drug-likeness (QED) is 0.638. The summed E-state index contributed by atoms with van der Waals surface area (Å²) in [6.45, 7) is 7.71. The lowest BCUT2D eigenvalue weighted by atomic mass is 9.80. The number of ether oxygens (including phenoxy) is 2. The van der Waals surface area contributed by atoms with Crippen molar-refractivity contribution in [2.75, 3.05) is 0 Å². The Morgan fingerprint density at radius 2 is 1.58 bits per heavy atom. The van der Waals surface area contributed by atoms with Crippen molar-refractivity contribution < 1.29 is 19.1 Å². The van der Waals surface area contributed by atoms with E-state index >= 15 is 0 Å². The zero-order chi connectivity index (χ0) is 21.9. The maximum Gasteiger partial charge on any atom is 0.313 e. The van der Waals surface area contributed by atoms with Crippen molar-refractivity contribution in [2.45, 2.75) is 52.7 Å². The number of esters is 1. The first kappa shape index (κ1) is 20.2. The second kappa shape index (κ2) is 7.45. The summed E-state index contributed by atoms with van der Waals surface area (Å²) in [5.74, 6) is -0.306. The number of rotatable bonds is 4. The van der Waals surface area contributed by atoms with Gasteiger partial charge in [-0.25, -0.2) is 0 Å². The second-order valence-electron chi connectivity index (χ2n) is 9.37. The molecule has 2 bridgehead atoms. The van der Waals surface area contributed by atoms with Crippen LogP contribution in [-0.2, 0) is 19.1 Å². The molecule has 2 heterocycles. The lowest BCUT2D eigenvalue weighted by Gasteiger charge is -2.22. The van der Waals surface area contributed by atoms with Gasteiger partial charge in [0, 0.05) is 0 Å². The number of fused-ring (bicyclic) bond motifs is 5. The third-order valence-corrected chi connectivity index (χ3v) is 6.94. The number of hydrogen-bond acceptors (Lipinski definition) is 4. The minimum Gasteiger partial charge on any atom is -0.430 e. The number of carbonyl (C=O) groups is 2. The summed E-state index contributed by atoms with van der Waals surface area (Å²) < 4.78 is 12.0. The third kappa shape index (κ3) is 3.16. The van der Waals surface area contributed by atoms with Crippen LogP contribution in [0.5, 0.6) is 0 Å². The maximum atomic E-state index is 13.7. The highest BCUT2D eigenvalue weighted by Gasteiger charge is 2.60. The van der Waals surface area contributed by atoms with E-state index in [1.54, 1.807) is 0 Å². The Bertz CT molecular complexity index is 1070. The van der Waals surface area contributed by atoms with Gasteiger partial charge in [0.15, 0.2) is 5.78 Å². The minimum atomic E-state index is -0.292. The molecule has 1 aliphatic carbocycles. The Balaban J connectivity index is 1.65. The maximum absolute atomic E-state index is 13.7. The van der Waals surface area contributed by atoms with Gasteiger partial charge in [-0.05, 0) is 54.5 Å². The van der Waals surface area contributed by atoms with Gasteiger partial charge < -0.3 is 9.47 Å². The van der Waals surface area contributed by atoms with E-state index in [-0.39, 0.29) is 41.7 Å². The number of benzene rings is 2. The van der Waals surface area contributed by atoms with Gasteiger partial charge in [-0.1, -0.05) is 56.3 Å². The van der Waals surface area contributed by atoms with E-state index < -0.39 is 0 Å². The molecule has 5 rings (SSSR count). The monoisotopic (exact) mass is 416 g/mol. The summed E-state index contributed by atoms with van der Waals surface area (Å²) in [7, 11) is 0. The third-order valence-electron chi connectivity index (χ3n) is 6.94. The molecule has 4 atom stereocenters.